The molecule has 8 heteroatoms. The fourth-order valence-corrected chi connectivity index (χ4v) is 3.30. The number of anilines is 2. The number of hydrogen-bond donors (Lipinski definition) is 1. The summed E-state index contributed by atoms with van der Waals surface area (Å²) in [7, 11) is 1.70. The van der Waals surface area contributed by atoms with Gasteiger partial charge in [-0.1, -0.05) is 6.42 Å². The molecule has 1 fully saturated rings. The van der Waals surface area contributed by atoms with E-state index in [0.717, 1.165) is 31.4 Å². The molecule has 1 spiro atoms. The highest BCUT2D eigenvalue weighted by Gasteiger charge is 2.42. The molecule has 1 saturated carbocycles. The molecule has 0 bridgehead atoms. The summed E-state index contributed by atoms with van der Waals surface area (Å²) < 4.78 is 13.7. The fourth-order valence-electron chi connectivity index (χ4n) is 3.30. The first-order valence-electron chi connectivity index (χ1n) is 8.01. The van der Waals surface area contributed by atoms with Gasteiger partial charge in [0.25, 0.3) is 5.79 Å². The average Bonchev–Trinajstić information content (AvgIpc) is 3.08. The van der Waals surface area contributed by atoms with Crippen molar-refractivity contribution in [1.82, 2.24) is 9.55 Å². The molecule has 0 amide bonds. The monoisotopic (exact) mass is 330 g/mol. The Labute approximate surface area is 138 Å². The third kappa shape index (κ3) is 2.44. The van der Waals surface area contributed by atoms with Crippen LogP contribution in [-0.2, 0) is 7.05 Å². The van der Waals surface area contributed by atoms with E-state index in [9.17, 15) is 10.1 Å². The largest absolute Gasteiger partial charge is 0.448 e. The smallest absolute Gasteiger partial charge is 0.406 e. The summed E-state index contributed by atoms with van der Waals surface area (Å²) in [4.78, 5) is 14.3. The fraction of sp³-hybridized carbons (Fsp3) is 0.438. The predicted molar refractivity (Wildman–Crippen MR) is 86.7 cm³/mol. The van der Waals surface area contributed by atoms with E-state index in [1.54, 1.807) is 11.6 Å². The minimum atomic E-state index is -0.530. The van der Waals surface area contributed by atoms with E-state index < -0.39 is 10.7 Å². The van der Waals surface area contributed by atoms with E-state index in [-0.39, 0.29) is 5.82 Å². The van der Waals surface area contributed by atoms with Gasteiger partial charge in [0, 0.05) is 31.6 Å². The van der Waals surface area contributed by atoms with Crippen LogP contribution < -0.4 is 14.8 Å². The third-order valence-corrected chi connectivity index (χ3v) is 4.50. The number of aromatic nitrogens is 2. The molecule has 1 aliphatic heterocycles. The van der Waals surface area contributed by atoms with Crippen LogP contribution >= 0.6 is 0 Å². The van der Waals surface area contributed by atoms with Crippen molar-refractivity contribution in [2.24, 2.45) is 7.05 Å². The van der Waals surface area contributed by atoms with Crippen molar-refractivity contribution in [2.75, 3.05) is 5.32 Å². The number of nitrogens with zero attached hydrogens (tertiary/aromatic N) is 3. The molecule has 2 aromatic rings. The summed E-state index contributed by atoms with van der Waals surface area (Å²) in [5.41, 5.74) is 0.692. The zero-order chi connectivity index (χ0) is 16.7. The number of nitrogens with one attached hydrogen (secondary N) is 1. The summed E-state index contributed by atoms with van der Waals surface area (Å²) in [6.45, 7) is 0. The lowest BCUT2D eigenvalue weighted by molar-refractivity contribution is -0.388. The van der Waals surface area contributed by atoms with Crippen LogP contribution in [0.4, 0.5) is 17.3 Å². The van der Waals surface area contributed by atoms with Crippen molar-refractivity contribution in [1.29, 1.82) is 0 Å². The zero-order valence-corrected chi connectivity index (χ0v) is 13.3. The topological polar surface area (TPSA) is 91.5 Å². The quantitative estimate of drug-likeness (QED) is 0.684. The molecule has 2 aliphatic rings. The van der Waals surface area contributed by atoms with E-state index in [4.69, 9.17) is 9.47 Å². The van der Waals surface area contributed by atoms with Crippen molar-refractivity contribution < 1.29 is 14.4 Å². The highest BCUT2D eigenvalue weighted by Crippen LogP contribution is 2.46. The van der Waals surface area contributed by atoms with E-state index in [2.05, 4.69) is 10.3 Å². The van der Waals surface area contributed by atoms with Gasteiger partial charge in [-0.3, -0.25) is 4.57 Å². The number of imidazole rings is 1. The Balaban J connectivity index is 1.59. The average molecular weight is 330 g/mol. The van der Waals surface area contributed by atoms with Crippen LogP contribution in [0.1, 0.15) is 32.1 Å². The predicted octanol–water partition coefficient (Wildman–Crippen LogP) is 3.50. The number of ether oxygens (including phenoxy) is 2. The summed E-state index contributed by atoms with van der Waals surface area (Å²) in [5, 5.41) is 14.1. The standard InChI is InChI=1S/C16H18N4O4/c1-19-10-17-14(20(21)22)15(19)18-11-5-6-12-13(9-11)24-16(23-12)7-3-2-4-8-16/h5-6,9-10,18H,2-4,7-8H2,1H3. The van der Waals surface area contributed by atoms with Crippen molar-refractivity contribution in [3.63, 3.8) is 0 Å². The molecule has 1 N–H and O–H groups in total. The highest BCUT2D eigenvalue weighted by molar-refractivity contribution is 5.67. The van der Waals surface area contributed by atoms with Crippen molar-refractivity contribution in [3.8, 4) is 11.5 Å². The normalized spacial score (nSPS) is 17.9. The molecule has 4 rings (SSSR count). The molecular weight excluding hydrogens is 312 g/mol. The number of hydrogen-bond acceptors (Lipinski definition) is 6. The molecule has 1 aromatic carbocycles. The number of nitro groups is 1. The first-order chi connectivity index (χ1) is 11.6. The van der Waals surface area contributed by atoms with Gasteiger partial charge >= 0.3 is 5.82 Å². The second kappa shape index (κ2) is 5.40. The SMILES string of the molecule is Cn1cnc([N+](=O)[O-])c1Nc1ccc2c(c1)OC1(CCCCC1)O2. The Morgan fingerprint density at radius 3 is 2.75 bits per heavy atom. The van der Waals surface area contributed by atoms with Crippen molar-refractivity contribution >= 4 is 17.3 Å². The maximum Gasteiger partial charge on any atom is 0.406 e. The first-order valence-corrected chi connectivity index (χ1v) is 8.01. The van der Waals surface area contributed by atoms with Gasteiger partial charge in [0.05, 0.1) is 0 Å². The van der Waals surface area contributed by atoms with Crippen LogP contribution in [0.15, 0.2) is 24.5 Å². The molecule has 1 aliphatic carbocycles. The lowest BCUT2D eigenvalue weighted by Gasteiger charge is -2.31. The molecule has 8 nitrogen and oxygen atoms in total. The van der Waals surface area contributed by atoms with Gasteiger partial charge in [-0.2, -0.15) is 0 Å². The Hall–Kier alpha value is -2.77. The Kier molecular flexibility index (Phi) is 3.33. The molecule has 0 radical (unpaired) electrons. The second-order valence-electron chi connectivity index (χ2n) is 6.25. The summed E-state index contributed by atoms with van der Waals surface area (Å²) in [6.07, 6.45) is 6.59. The van der Waals surface area contributed by atoms with Crippen LogP contribution in [0, 0.1) is 10.1 Å². The third-order valence-electron chi connectivity index (χ3n) is 4.50. The minimum absolute atomic E-state index is 0.209. The molecule has 2 heterocycles. The zero-order valence-electron chi connectivity index (χ0n) is 13.3. The van der Waals surface area contributed by atoms with Crippen LogP contribution in [0.25, 0.3) is 0 Å². The number of aryl methyl sites for hydroxylation is 1. The Morgan fingerprint density at radius 2 is 2.00 bits per heavy atom. The molecule has 0 unspecified atom stereocenters. The van der Waals surface area contributed by atoms with Crippen molar-refractivity contribution in [3.05, 3.63) is 34.6 Å². The summed E-state index contributed by atoms with van der Waals surface area (Å²) in [5.74, 6) is 0.983. The van der Waals surface area contributed by atoms with Crippen LogP contribution in [-0.4, -0.2) is 20.3 Å². The van der Waals surface area contributed by atoms with E-state index in [1.165, 1.54) is 12.7 Å². The maximum absolute atomic E-state index is 11.1. The summed E-state index contributed by atoms with van der Waals surface area (Å²) in [6, 6.07) is 5.47. The molecule has 24 heavy (non-hydrogen) atoms. The second-order valence-corrected chi connectivity index (χ2v) is 6.25. The minimum Gasteiger partial charge on any atom is -0.448 e. The lowest BCUT2D eigenvalue weighted by atomic mass is 9.94. The highest BCUT2D eigenvalue weighted by atomic mass is 16.7. The maximum atomic E-state index is 11.1. The van der Waals surface area contributed by atoms with Gasteiger partial charge < -0.3 is 24.9 Å². The number of benzene rings is 1. The molecule has 126 valence electrons. The van der Waals surface area contributed by atoms with Gasteiger partial charge in [0.1, 0.15) is 0 Å². The van der Waals surface area contributed by atoms with Gasteiger partial charge in [0.15, 0.2) is 11.5 Å². The lowest BCUT2D eigenvalue weighted by Crippen LogP contribution is -2.40. The van der Waals surface area contributed by atoms with Gasteiger partial charge in [0.2, 0.25) is 12.1 Å². The van der Waals surface area contributed by atoms with E-state index >= 15 is 0 Å². The van der Waals surface area contributed by atoms with E-state index in [1.807, 2.05) is 18.2 Å². The Bertz CT molecular complexity index is 795. The van der Waals surface area contributed by atoms with Gasteiger partial charge in [-0.05, 0) is 34.9 Å². The summed E-state index contributed by atoms with van der Waals surface area (Å²) >= 11 is 0. The van der Waals surface area contributed by atoms with Gasteiger partial charge in [-0.15, -0.1) is 0 Å². The van der Waals surface area contributed by atoms with Gasteiger partial charge in [-0.25, -0.2) is 0 Å². The molecule has 0 atom stereocenters. The van der Waals surface area contributed by atoms with Crippen LogP contribution in [0.2, 0.25) is 0 Å². The Morgan fingerprint density at radius 1 is 1.25 bits per heavy atom. The van der Waals surface area contributed by atoms with Crippen molar-refractivity contribution in [2.45, 2.75) is 37.9 Å². The van der Waals surface area contributed by atoms with Crippen LogP contribution in [0.5, 0.6) is 11.5 Å². The van der Waals surface area contributed by atoms with E-state index in [0.29, 0.717) is 17.3 Å². The number of fused-ring (bicyclic) bond motifs is 1. The molecular formula is C16H18N4O4. The number of rotatable bonds is 3. The molecule has 1 aromatic heterocycles. The van der Waals surface area contributed by atoms with Crippen LogP contribution in [0.3, 0.4) is 0 Å². The first kappa shape index (κ1) is 14.8. The molecule has 0 saturated heterocycles.